The third kappa shape index (κ3) is 2.31. The molecule has 4 heteroatoms. The van der Waals surface area contributed by atoms with Gasteiger partial charge in [-0.1, -0.05) is 33.6 Å². The van der Waals surface area contributed by atoms with Gasteiger partial charge in [0.15, 0.2) is 5.96 Å². The van der Waals surface area contributed by atoms with Gasteiger partial charge in [0.1, 0.15) is 5.54 Å². The maximum Gasteiger partial charge on any atom is 0.252 e. The second kappa shape index (κ2) is 4.67. The highest BCUT2D eigenvalue weighted by Gasteiger charge is 2.49. The Morgan fingerprint density at radius 1 is 1.47 bits per heavy atom. The molecule has 2 unspecified atom stereocenters. The first-order valence-electron chi connectivity index (χ1n) is 6.68. The van der Waals surface area contributed by atoms with Crippen LogP contribution in [0.1, 0.15) is 46.5 Å². The predicted octanol–water partition coefficient (Wildman–Crippen LogP) is 1.67. The molecule has 0 aromatic carbocycles. The van der Waals surface area contributed by atoms with E-state index in [-0.39, 0.29) is 11.4 Å². The van der Waals surface area contributed by atoms with E-state index >= 15 is 0 Å². The van der Waals surface area contributed by atoms with Gasteiger partial charge in [-0.05, 0) is 24.7 Å². The lowest BCUT2D eigenvalue weighted by molar-refractivity contribution is -0.126. The van der Waals surface area contributed by atoms with E-state index in [2.05, 4.69) is 36.4 Å². The Balaban J connectivity index is 2.11. The van der Waals surface area contributed by atoms with Crippen molar-refractivity contribution in [3.63, 3.8) is 0 Å². The molecule has 1 amide bonds. The van der Waals surface area contributed by atoms with Crippen molar-refractivity contribution in [1.29, 1.82) is 0 Å². The molecule has 2 atom stereocenters. The molecule has 0 aromatic heterocycles. The Morgan fingerprint density at radius 2 is 2.24 bits per heavy atom. The molecule has 2 aliphatic rings. The smallest absolute Gasteiger partial charge is 0.252 e. The van der Waals surface area contributed by atoms with Crippen LogP contribution in [-0.2, 0) is 4.79 Å². The Morgan fingerprint density at radius 3 is 2.88 bits per heavy atom. The van der Waals surface area contributed by atoms with Gasteiger partial charge in [-0.15, -0.1) is 0 Å². The standard InChI is InChI=1S/C13H23N3O/c1-9(2)8-14-12-15-11(17)13(16-12)7-5-4-6-10(13)3/h9-10H,4-8H2,1-3H3,(H2,14,15,16,17). The summed E-state index contributed by atoms with van der Waals surface area (Å²) in [6, 6.07) is 0. The van der Waals surface area contributed by atoms with Crippen molar-refractivity contribution in [1.82, 2.24) is 10.6 Å². The lowest BCUT2D eigenvalue weighted by atomic mass is 9.74. The summed E-state index contributed by atoms with van der Waals surface area (Å²) < 4.78 is 0. The Bertz CT molecular complexity index is 338. The maximum absolute atomic E-state index is 12.2. The Labute approximate surface area is 103 Å². The van der Waals surface area contributed by atoms with Crippen LogP contribution >= 0.6 is 0 Å². The van der Waals surface area contributed by atoms with Gasteiger partial charge in [0.05, 0.1) is 0 Å². The fourth-order valence-electron chi connectivity index (χ4n) is 2.74. The number of carbonyl (C=O) groups excluding carboxylic acids is 1. The normalized spacial score (nSPS) is 35.4. The second-order valence-corrected chi connectivity index (χ2v) is 5.78. The van der Waals surface area contributed by atoms with E-state index in [1.807, 2.05) is 0 Å². The van der Waals surface area contributed by atoms with Crippen LogP contribution in [0.4, 0.5) is 0 Å². The number of guanidine groups is 1. The zero-order valence-electron chi connectivity index (χ0n) is 11.0. The number of rotatable bonds is 2. The van der Waals surface area contributed by atoms with Gasteiger partial charge in [-0.3, -0.25) is 15.1 Å². The van der Waals surface area contributed by atoms with Crippen LogP contribution < -0.4 is 10.6 Å². The fourth-order valence-corrected chi connectivity index (χ4v) is 2.74. The molecular weight excluding hydrogens is 214 g/mol. The topological polar surface area (TPSA) is 53.5 Å². The van der Waals surface area contributed by atoms with Gasteiger partial charge in [0.2, 0.25) is 0 Å². The lowest BCUT2D eigenvalue weighted by Gasteiger charge is -2.36. The lowest BCUT2D eigenvalue weighted by Crippen LogP contribution is -2.53. The number of aliphatic imine (C=N–C) groups is 1. The highest BCUT2D eigenvalue weighted by atomic mass is 16.2. The average molecular weight is 237 g/mol. The van der Waals surface area contributed by atoms with Crippen LogP contribution in [0.2, 0.25) is 0 Å². The van der Waals surface area contributed by atoms with Crippen LogP contribution in [-0.4, -0.2) is 24.0 Å². The van der Waals surface area contributed by atoms with Gasteiger partial charge in [-0.2, -0.15) is 0 Å². The number of nitrogens with zero attached hydrogens (tertiary/aromatic N) is 1. The average Bonchev–Trinajstić information content (AvgIpc) is 2.59. The summed E-state index contributed by atoms with van der Waals surface area (Å²) in [5.74, 6) is 1.70. The van der Waals surface area contributed by atoms with E-state index in [4.69, 9.17) is 0 Å². The minimum Gasteiger partial charge on any atom is -0.341 e. The zero-order chi connectivity index (χ0) is 12.5. The first-order valence-corrected chi connectivity index (χ1v) is 6.68. The number of amides is 1. The summed E-state index contributed by atoms with van der Waals surface area (Å²) in [6.45, 7) is 7.17. The summed E-state index contributed by atoms with van der Waals surface area (Å²) in [7, 11) is 0. The molecular formula is C13H23N3O. The first kappa shape index (κ1) is 12.4. The SMILES string of the molecule is CC(C)CN=C1NC(=O)C2(CCCCC2C)N1. The highest BCUT2D eigenvalue weighted by Crippen LogP contribution is 2.35. The van der Waals surface area contributed by atoms with E-state index in [1.165, 1.54) is 6.42 Å². The fraction of sp³-hybridized carbons (Fsp3) is 0.846. The monoisotopic (exact) mass is 237 g/mol. The van der Waals surface area contributed by atoms with Crippen LogP contribution in [0.5, 0.6) is 0 Å². The van der Waals surface area contributed by atoms with Crippen LogP contribution in [0.3, 0.4) is 0 Å². The minimum atomic E-state index is -0.381. The summed E-state index contributed by atoms with van der Waals surface area (Å²) in [4.78, 5) is 16.6. The molecule has 0 radical (unpaired) electrons. The van der Waals surface area contributed by atoms with E-state index < -0.39 is 0 Å². The van der Waals surface area contributed by atoms with Crippen molar-refractivity contribution < 1.29 is 4.79 Å². The van der Waals surface area contributed by atoms with E-state index in [0.29, 0.717) is 17.8 Å². The number of hydrogen-bond acceptors (Lipinski definition) is 2. The van der Waals surface area contributed by atoms with Crippen molar-refractivity contribution in [3.05, 3.63) is 0 Å². The molecule has 1 saturated carbocycles. The number of nitrogens with one attached hydrogen (secondary N) is 2. The first-order chi connectivity index (χ1) is 8.04. The Kier molecular flexibility index (Phi) is 3.40. The molecule has 0 aromatic rings. The van der Waals surface area contributed by atoms with E-state index in [1.54, 1.807) is 0 Å². The number of hydrogen-bond donors (Lipinski definition) is 2. The van der Waals surface area contributed by atoms with Crippen molar-refractivity contribution in [3.8, 4) is 0 Å². The van der Waals surface area contributed by atoms with Crippen molar-refractivity contribution in [2.24, 2.45) is 16.8 Å². The third-order valence-corrected chi connectivity index (χ3v) is 3.89. The predicted molar refractivity (Wildman–Crippen MR) is 68.8 cm³/mol. The van der Waals surface area contributed by atoms with Gasteiger partial charge in [0.25, 0.3) is 5.91 Å². The molecule has 96 valence electrons. The summed E-state index contributed by atoms with van der Waals surface area (Å²) in [5.41, 5.74) is -0.381. The number of carbonyl (C=O) groups is 1. The van der Waals surface area contributed by atoms with Gasteiger partial charge < -0.3 is 5.32 Å². The van der Waals surface area contributed by atoms with Crippen LogP contribution in [0.15, 0.2) is 4.99 Å². The second-order valence-electron chi connectivity index (χ2n) is 5.78. The van der Waals surface area contributed by atoms with Gasteiger partial charge in [0, 0.05) is 6.54 Å². The molecule has 1 aliphatic carbocycles. The molecule has 2 N–H and O–H groups in total. The molecule has 1 aliphatic heterocycles. The van der Waals surface area contributed by atoms with Crippen molar-refractivity contribution >= 4 is 11.9 Å². The molecule has 4 nitrogen and oxygen atoms in total. The molecule has 1 saturated heterocycles. The molecule has 2 rings (SSSR count). The third-order valence-electron chi connectivity index (χ3n) is 3.89. The zero-order valence-corrected chi connectivity index (χ0v) is 11.0. The van der Waals surface area contributed by atoms with Crippen molar-refractivity contribution in [2.75, 3.05) is 6.54 Å². The summed E-state index contributed by atoms with van der Waals surface area (Å²) in [5, 5.41) is 6.25. The highest BCUT2D eigenvalue weighted by molar-refractivity contribution is 6.09. The van der Waals surface area contributed by atoms with Gasteiger partial charge >= 0.3 is 0 Å². The quantitative estimate of drug-likeness (QED) is 0.767. The Hall–Kier alpha value is -1.06. The van der Waals surface area contributed by atoms with E-state index in [9.17, 15) is 4.79 Å². The summed E-state index contributed by atoms with van der Waals surface area (Å²) >= 11 is 0. The van der Waals surface area contributed by atoms with E-state index in [0.717, 1.165) is 25.8 Å². The van der Waals surface area contributed by atoms with Crippen molar-refractivity contribution in [2.45, 2.75) is 52.0 Å². The van der Waals surface area contributed by atoms with Crippen LogP contribution in [0, 0.1) is 11.8 Å². The molecule has 1 heterocycles. The molecule has 2 fully saturated rings. The largest absolute Gasteiger partial charge is 0.341 e. The van der Waals surface area contributed by atoms with Crippen LogP contribution in [0.25, 0.3) is 0 Å². The molecule has 17 heavy (non-hydrogen) atoms. The van der Waals surface area contributed by atoms with Gasteiger partial charge in [-0.25, -0.2) is 0 Å². The molecule has 1 spiro atoms. The minimum absolute atomic E-state index is 0.118. The molecule has 0 bridgehead atoms. The summed E-state index contributed by atoms with van der Waals surface area (Å²) in [6.07, 6.45) is 4.41. The maximum atomic E-state index is 12.2.